The van der Waals surface area contributed by atoms with Gasteiger partial charge in [-0.1, -0.05) is 48.0 Å². The lowest BCUT2D eigenvalue weighted by molar-refractivity contribution is -0.140. The Bertz CT molecular complexity index is 710. The Labute approximate surface area is 154 Å². The molecule has 5 heteroatoms. The number of carbonyl (C=O) groups excluding carboxylic acids is 1. The van der Waals surface area contributed by atoms with Gasteiger partial charge in [0.1, 0.15) is 5.75 Å². The Balaban J connectivity index is 1.79. The van der Waals surface area contributed by atoms with E-state index in [0.29, 0.717) is 31.7 Å². The first-order valence-corrected chi connectivity index (χ1v) is 9.06. The second-order valence-corrected chi connectivity index (χ2v) is 6.78. The van der Waals surface area contributed by atoms with E-state index in [0.717, 1.165) is 11.1 Å². The van der Waals surface area contributed by atoms with Crippen LogP contribution in [0, 0.1) is 6.92 Å². The molecule has 1 amide bonds. The van der Waals surface area contributed by atoms with Gasteiger partial charge in [0.2, 0.25) is 0 Å². The van der Waals surface area contributed by atoms with Crippen molar-refractivity contribution in [3.8, 4) is 5.75 Å². The number of carbonyl (C=O) groups is 1. The zero-order valence-corrected chi connectivity index (χ0v) is 15.1. The summed E-state index contributed by atoms with van der Waals surface area (Å²) in [6, 6.07) is 16.8. The molecule has 0 aliphatic carbocycles. The van der Waals surface area contributed by atoms with E-state index >= 15 is 0 Å². The van der Waals surface area contributed by atoms with Gasteiger partial charge in [-0.15, -0.1) is 0 Å². The second kappa shape index (κ2) is 8.34. The van der Waals surface area contributed by atoms with Crippen molar-refractivity contribution < 1.29 is 14.6 Å². The molecule has 1 fully saturated rings. The summed E-state index contributed by atoms with van der Waals surface area (Å²) in [5, 5.41) is 16.0. The molecule has 1 heterocycles. The van der Waals surface area contributed by atoms with E-state index in [-0.39, 0.29) is 12.5 Å². The minimum atomic E-state index is -0.928. The van der Waals surface area contributed by atoms with Crippen LogP contribution in [0.2, 0.25) is 0 Å². The Kier molecular flexibility index (Phi) is 5.91. The molecular formula is C21H26N2O3. The first-order chi connectivity index (χ1) is 12.6. The average Bonchev–Trinajstić information content (AvgIpc) is 2.69. The lowest BCUT2D eigenvalue weighted by Crippen LogP contribution is -2.57. The molecule has 1 aliphatic rings. The fourth-order valence-electron chi connectivity index (χ4n) is 3.25. The fourth-order valence-corrected chi connectivity index (χ4v) is 3.25. The van der Waals surface area contributed by atoms with Crippen molar-refractivity contribution in [1.82, 2.24) is 10.6 Å². The third kappa shape index (κ3) is 4.23. The van der Waals surface area contributed by atoms with Crippen LogP contribution in [0.15, 0.2) is 54.6 Å². The van der Waals surface area contributed by atoms with Crippen LogP contribution < -0.4 is 15.4 Å². The van der Waals surface area contributed by atoms with Gasteiger partial charge < -0.3 is 20.5 Å². The van der Waals surface area contributed by atoms with Crippen LogP contribution in [0.25, 0.3) is 0 Å². The third-order valence-corrected chi connectivity index (χ3v) is 4.85. The van der Waals surface area contributed by atoms with Crippen LogP contribution in [-0.4, -0.2) is 36.3 Å². The molecule has 1 aliphatic heterocycles. The second-order valence-electron chi connectivity index (χ2n) is 6.78. The number of rotatable bonds is 6. The largest absolute Gasteiger partial charge is 0.477 e. The summed E-state index contributed by atoms with van der Waals surface area (Å²) in [5.74, 6) is 0.510. The molecule has 5 nitrogen and oxygen atoms in total. The van der Waals surface area contributed by atoms with Gasteiger partial charge in [-0.05, 0) is 37.7 Å². The molecular weight excluding hydrogens is 328 g/mol. The van der Waals surface area contributed by atoms with Crippen molar-refractivity contribution in [1.29, 1.82) is 0 Å². The van der Waals surface area contributed by atoms with Crippen LogP contribution in [0.4, 0.5) is 0 Å². The Morgan fingerprint density at radius 3 is 2.42 bits per heavy atom. The van der Waals surface area contributed by atoms with Crippen LogP contribution >= 0.6 is 0 Å². The number of ether oxygens (including phenoxy) is 1. The third-order valence-electron chi connectivity index (χ3n) is 4.85. The quantitative estimate of drug-likeness (QED) is 0.745. The van der Waals surface area contributed by atoms with E-state index in [1.165, 1.54) is 0 Å². The number of benzene rings is 2. The highest BCUT2D eigenvalue weighted by molar-refractivity contribution is 5.86. The summed E-state index contributed by atoms with van der Waals surface area (Å²) in [6.45, 7) is 3.29. The van der Waals surface area contributed by atoms with E-state index in [9.17, 15) is 9.90 Å². The number of aryl methyl sites for hydroxylation is 1. The minimum absolute atomic E-state index is 0.158. The summed E-state index contributed by atoms with van der Waals surface area (Å²) in [4.78, 5) is 13.2. The predicted octanol–water partition coefficient (Wildman–Crippen LogP) is 2.35. The van der Waals surface area contributed by atoms with Crippen LogP contribution in [-0.2, 0) is 4.79 Å². The van der Waals surface area contributed by atoms with Crippen molar-refractivity contribution >= 4 is 5.91 Å². The molecule has 0 bridgehead atoms. The average molecular weight is 354 g/mol. The highest BCUT2D eigenvalue weighted by Crippen LogP contribution is 2.28. The first kappa shape index (κ1) is 18.4. The predicted molar refractivity (Wildman–Crippen MR) is 101 cm³/mol. The smallest absolute Gasteiger partial charge is 0.264 e. The van der Waals surface area contributed by atoms with Gasteiger partial charge in [0.15, 0.2) is 5.60 Å². The van der Waals surface area contributed by atoms with Gasteiger partial charge in [-0.3, -0.25) is 4.79 Å². The molecule has 3 N–H and O–H groups in total. The molecule has 3 rings (SSSR count). The highest BCUT2D eigenvalue weighted by Gasteiger charge is 2.42. The SMILES string of the molecule is Cc1ccc(OC2(C(=O)N[C@H](CO)c3ccccc3)CCNCC2)cc1. The van der Waals surface area contributed by atoms with Crippen molar-refractivity contribution in [2.24, 2.45) is 0 Å². The monoisotopic (exact) mass is 354 g/mol. The molecule has 0 aromatic heterocycles. The highest BCUT2D eigenvalue weighted by atomic mass is 16.5. The van der Waals surface area contributed by atoms with Gasteiger partial charge in [-0.2, -0.15) is 0 Å². The number of hydrogen-bond donors (Lipinski definition) is 3. The summed E-state index contributed by atoms with van der Waals surface area (Å²) in [6.07, 6.45) is 1.17. The molecule has 2 aromatic carbocycles. The van der Waals surface area contributed by atoms with Crippen molar-refractivity contribution in [3.63, 3.8) is 0 Å². The number of aliphatic hydroxyl groups is 1. The van der Waals surface area contributed by atoms with Crippen molar-refractivity contribution in [3.05, 3.63) is 65.7 Å². The lowest BCUT2D eigenvalue weighted by Gasteiger charge is -2.37. The molecule has 26 heavy (non-hydrogen) atoms. The maximum absolute atomic E-state index is 13.2. The molecule has 2 aromatic rings. The molecule has 1 atom stereocenters. The van der Waals surface area contributed by atoms with Gasteiger partial charge >= 0.3 is 0 Å². The Hall–Kier alpha value is -2.37. The van der Waals surface area contributed by atoms with E-state index in [1.807, 2.05) is 61.5 Å². The maximum Gasteiger partial charge on any atom is 0.264 e. The summed E-state index contributed by atoms with van der Waals surface area (Å²) in [7, 11) is 0. The van der Waals surface area contributed by atoms with E-state index in [4.69, 9.17) is 4.74 Å². The van der Waals surface area contributed by atoms with Crippen molar-refractivity contribution in [2.75, 3.05) is 19.7 Å². The number of nitrogens with one attached hydrogen (secondary N) is 2. The van der Waals surface area contributed by atoms with Gasteiger partial charge in [-0.25, -0.2) is 0 Å². The Morgan fingerprint density at radius 1 is 1.15 bits per heavy atom. The minimum Gasteiger partial charge on any atom is -0.477 e. The number of piperidine rings is 1. The molecule has 0 spiro atoms. The number of aliphatic hydroxyl groups excluding tert-OH is 1. The molecule has 0 saturated carbocycles. The van der Waals surface area contributed by atoms with E-state index in [1.54, 1.807) is 0 Å². The van der Waals surface area contributed by atoms with Crippen LogP contribution in [0.1, 0.15) is 30.0 Å². The van der Waals surface area contributed by atoms with Gasteiger partial charge in [0.25, 0.3) is 5.91 Å². The summed E-state index contributed by atoms with van der Waals surface area (Å²) >= 11 is 0. The molecule has 0 unspecified atom stereocenters. The normalized spacial score (nSPS) is 17.3. The van der Waals surface area contributed by atoms with Crippen LogP contribution in [0.5, 0.6) is 5.75 Å². The first-order valence-electron chi connectivity index (χ1n) is 9.06. The lowest BCUT2D eigenvalue weighted by atomic mass is 9.90. The topological polar surface area (TPSA) is 70.6 Å². The summed E-state index contributed by atoms with van der Waals surface area (Å²) in [5.41, 5.74) is 1.09. The summed E-state index contributed by atoms with van der Waals surface area (Å²) < 4.78 is 6.21. The van der Waals surface area contributed by atoms with Crippen molar-refractivity contribution in [2.45, 2.75) is 31.4 Å². The van der Waals surface area contributed by atoms with Gasteiger partial charge in [0.05, 0.1) is 12.6 Å². The molecule has 138 valence electrons. The van der Waals surface area contributed by atoms with Crippen LogP contribution in [0.3, 0.4) is 0 Å². The standard InChI is InChI=1S/C21H26N2O3/c1-16-7-9-18(10-8-16)26-21(11-13-22-14-12-21)20(25)23-19(15-24)17-5-3-2-4-6-17/h2-10,19,22,24H,11-15H2,1H3,(H,23,25)/t19-/m1/s1. The zero-order valence-electron chi connectivity index (χ0n) is 15.1. The maximum atomic E-state index is 13.2. The molecule has 1 saturated heterocycles. The van der Waals surface area contributed by atoms with E-state index < -0.39 is 11.6 Å². The van der Waals surface area contributed by atoms with Gasteiger partial charge in [0, 0.05) is 12.8 Å². The fraction of sp³-hybridized carbons (Fsp3) is 0.381. The number of hydrogen-bond acceptors (Lipinski definition) is 4. The van der Waals surface area contributed by atoms with E-state index in [2.05, 4.69) is 10.6 Å². The molecule has 0 radical (unpaired) electrons. The number of amides is 1. The Morgan fingerprint density at radius 2 is 1.81 bits per heavy atom. The zero-order chi connectivity index (χ0) is 18.4.